The van der Waals surface area contributed by atoms with E-state index in [0.717, 1.165) is 55.7 Å². The SMILES string of the molecule is CCOCCC1(CNC(=NC)NCc2nc(C(F)(F)F)cs2)CCCC1.I. The first-order chi connectivity index (χ1) is 12.4. The van der Waals surface area contributed by atoms with E-state index in [1.807, 2.05) is 6.92 Å². The molecule has 2 rings (SSSR count). The van der Waals surface area contributed by atoms with Crippen LogP contribution in [0, 0.1) is 5.41 Å². The number of nitrogens with one attached hydrogen (secondary N) is 2. The number of rotatable bonds is 8. The summed E-state index contributed by atoms with van der Waals surface area (Å²) < 4.78 is 43.3. The Hall–Kier alpha value is -0.620. The summed E-state index contributed by atoms with van der Waals surface area (Å²) in [6, 6.07) is 0. The van der Waals surface area contributed by atoms with Gasteiger partial charge in [0.15, 0.2) is 11.7 Å². The molecule has 0 aromatic carbocycles. The van der Waals surface area contributed by atoms with Crippen LogP contribution in [0.15, 0.2) is 10.4 Å². The highest BCUT2D eigenvalue weighted by Gasteiger charge is 2.34. The van der Waals surface area contributed by atoms with Crippen molar-refractivity contribution in [2.45, 2.75) is 51.7 Å². The Bertz CT molecular complexity index is 589. The van der Waals surface area contributed by atoms with Gasteiger partial charge in [-0.3, -0.25) is 4.99 Å². The lowest BCUT2D eigenvalue weighted by Crippen LogP contribution is -2.43. The van der Waals surface area contributed by atoms with Crippen LogP contribution in [0.5, 0.6) is 0 Å². The van der Waals surface area contributed by atoms with Gasteiger partial charge in [-0.05, 0) is 31.6 Å². The van der Waals surface area contributed by atoms with Crippen LogP contribution < -0.4 is 10.6 Å². The third-order valence-corrected chi connectivity index (χ3v) is 5.60. The van der Waals surface area contributed by atoms with Crippen molar-refractivity contribution in [3.8, 4) is 0 Å². The van der Waals surface area contributed by atoms with Gasteiger partial charge in [0, 0.05) is 32.2 Å². The summed E-state index contributed by atoms with van der Waals surface area (Å²) >= 11 is 0.992. The second-order valence-electron chi connectivity index (χ2n) is 6.56. The molecule has 1 aliphatic carbocycles. The lowest BCUT2D eigenvalue weighted by atomic mass is 9.83. The quantitative estimate of drug-likeness (QED) is 0.231. The molecule has 0 bridgehead atoms. The minimum Gasteiger partial charge on any atom is -0.382 e. The number of hydrogen-bond donors (Lipinski definition) is 2. The molecule has 156 valence electrons. The molecule has 0 aliphatic heterocycles. The number of aromatic nitrogens is 1. The Morgan fingerprint density at radius 3 is 2.59 bits per heavy atom. The average Bonchev–Trinajstić information content (AvgIpc) is 3.25. The largest absolute Gasteiger partial charge is 0.434 e. The lowest BCUT2D eigenvalue weighted by molar-refractivity contribution is -0.140. The van der Waals surface area contributed by atoms with Crippen molar-refractivity contribution in [2.75, 3.05) is 26.8 Å². The molecule has 1 fully saturated rings. The lowest BCUT2D eigenvalue weighted by Gasteiger charge is -2.30. The van der Waals surface area contributed by atoms with Crippen LogP contribution in [-0.4, -0.2) is 37.7 Å². The van der Waals surface area contributed by atoms with Gasteiger partial charge in [-0.25, -0.2) is 4.98 Å². The summed E-state index contributed by atoms with van der Waals surface area (Å²) in [5.41, 5.74) is -0.639. The number of aliphatic imine (C=N–C) groups is 1. The number of halogens is 4. The molecule has 10 heteroatoms. The van der Waals surface area contributed by atoms with Crippen LogP contribution in [0.4, 0.5) is 13.2 Å². The number of nitrogens with zero attached hydrogens (tertiary/aromatic N) is 2. The zero-order chi connectivity index (χ0) is 19.0. The van der Waals surface area contributed by atoms with Crippen LogP contribution >= 0.6 is 35.3 Å². The van der Waals surface area contributed by atoms with E-state index in [2.05, 4.69) is 20.6 Å². The minimum absolute atomic E-state index is 0. The molecule has 2 N–H and O–H groups in total. The van der Waals surface area contributed by atoms with Crippen molar-refractivity contribution in [3.05, 3.63) is 16.1 Å². The van der Waals surface area contributed by atoms with Gasteiger partial charge < -0.3 is 15.4 Å². The van der Waals surface area contributed by atoms with Gasteiger partial charge in [-0.2, -0.15) is 13.2 Å². The maximum Gasteiger partial charge on any atom is 0.434 e. The van der Waals surface area contributed by atoms with Crippen LogP contribution in [0.2, 0.25) is 0 Å². The first-order valence-corrected chi connectivity index (χ1v) is 9.80. The van der Waals surface area contributed by atoms with Gasteiger partial charge in [0.1, 0.15) is 5.01 Å². The Labute approximate surface area is 179 Å². The summed E-state index contributed by atoms with van der Waals surface area (Å²) in [5, 5.41) is 7.79. The predicted molar refractivity (Wildman–Crippen MR) is 113 cm³/mol. The summed E-state index contributed by atoms with van der Waals surface area (Å²) in [7, 11) is 1.65. The highest BCUT2D eigenvalue weighted by molar-refractivity contribution is 14.0. The van der Waals surface area contributed by atoms with Gasteiger partial charge in [-0.15, -0.1) is 35.3 Å². The topological polar surface area (TPSA) is 58.5 Å². The van der Waals surface area contributed by atoms with Gasteiger partial charge >= 0.3 is 6.18 Å². The predicted octanol–water partition coefficient (Wildman–Crippen LogP) is 4.43. The van der Waals surface area contributed by atoms with E-state index in [0.29, 0.717) is 11.0 Å². The van der Waals surface area contributed by atoms with Crippen molar-refractivity contribution < 1.29 is 17.9 Å². The van der Waals surface area contributed by atoms with Crippen molar-refractivity contribution in [2.24, 2.45) is 10.4 Å². The highest BCUT2D eigenvalue weighted by atomic mass is 127. The van der Waals surface area contributed by atoms with Gasteiger partial charge in [0.05, 0.1) is 6.54 Å². The van der Waals surface area contributed by atoms with E-state index < -0.39 is 11.9 Å². The van der Waals surface area contributed by atoms with Crippen LogP contribution in [0.1, 0.15) is 49.7 Å². The number of guanidine groups is 1. The second-order valence-corrected chi connectivity index (χ2v) is 7.50. The first-order valence-electron chi connectivity index (χ1n) is 8.92. The number of thiazole rings is 1. The third-order valence-electron chi connectivity index (χ3n) is 4.75. The fourth-order valence-corrected chi connectivity index (χ4v) is 3.99. The van der Waals surface area contributed by atoms with Gasteiger partial charge in [0.2, 0.25) is 0 Å². The molecule has 1 aromatic rings. The van der Waals surface area contributed by atoms with E-state index in [4.69, 9.17) is 4.74 Å². The second kappa shape index (κ2) is 11.4. The van der Waals surface area contributed by atoms with E-state index in [1.54, 1.807) is 7.05 Å². The van der Waals surface area contributed by atoms with Crippen LogP contribution in [0.25, 0.3) is 0 Å². The van der Waals surface area contributed by atoms with Crippen LogP contribution in [0.3, 0.4) is 0 Å². The molecule has 0 atom stereocenters. The van der Waals surface area contributed by atoms with Crippen molar-refractivity contribution in [1.82, 2.24) is 15.6 Å². The van der Waals surface area contributed by atoms with E-state index in [9.17, 15) is 13.2 Å². The van der Waals surface area contributed by atoms with Crippen molar-refractivity contribution in [1.29, 1.82) is 0 Å². The molecule has 0 unspecified atom stereocenters. The molecular formula is C17H28F3IN4OS. The van der Waals surface area contributed by atoms with E-state index in [1.165, 1.54) is 12.8 Å². The van der Waals surface area contributed by atoms with Gasteiger partial charge in [0.25, 0.3) is 0 Å². The summed E-state index contributed by atoms with van der Waals surface area (Å²) in [5.74, 6) is 0.580. The highest BCUT2D eigenvalue weighted by Crippen LogP contribution is 2.40. The summed E-state index contributed by atoms with van der Waals surface area (Å²) in [6.07, 6.45) is 1.37. The standard InChI is InChI=1S/C17H27F3N4OS.HI/c1-3-25-9-8-16(6-4-5-7-16)12-23-15(21-2)22-10-14-24-13(11-26-14)17(18,19)20;/h11H,3-10,12H2,1-2H3,(H2,21,22,23);1H. The third kappa shape index (κ3) is 7.72. The fourth-order valence-electron chi connectivity index (χ4n) is 3.25. The Morgan fingerprint density at radius 1 is 1.33 bits per heavy atom. The summed E-state index contributed by atoms with van der Waals surface area (Å²) in [6.45, 7) is 4.47. The smallest absolute Gasteiger partial charge is 0.382 e. The molecule has 0 radical (unpaired) electrons. The maximum atomic E-state index is 12.6. The zero-order valence-corrected chi connectivity index (χ0v) is 18.8. The van der Waals surface area contributed by atoms with Crippen molar-refractivity contribution in [3.63, 3.8) is 0 Å². The Balaban J connectivity index is 0.00000364. The molecule has 0 amide bonds. The number of hydrogen-bond acceptors (Lipinski definition) is 4. The molecular weight excluding hydrogens is 492 g/mol. The molecule has 0 spiro atoms. The van der Waals surface area contributed by atoms with Crippen LogP contribution in [-0.2, 0) is 17.5 Å². The number of alkyl halides is 3. The molecule has 27 heavy (non-hydrogen) atoms. The van der Waals surface area contributed by atoms with Gasteiger partial charge in [-0.1, -0.05) is 12.8 Å². The maximum absolute atomic E-state index is 12.6. The Kier molecular flexibility index (Phi) is 10.3. The summed E-state index contributed by atoms with van der Waals surface area (Å²) in [4.78, 5) is 7.79. The monoisotopic (exact) mass is 520 g/mol. The molecule has 1 heterocycles. The van der Waals surface area contributed by atoms with Crippen molar-refractivity contribution >= 4 is 41.3 Å². The van der Waals surface area contributed by atoms with E-state index >= 15 is 0 Å². The zero-order valence-electron chi connectivity index (χ0n) is 15.7. The molecule has 5 nitrogen and oxygen atoms in total. The minimum atomic E-state index is -4.40. The molecule has 1 aliphatic rings. The first kappa shape index (κ1) is 24.4. The number of ether oxygens (including phenoxy) is 1. The Morgan fingerprint density at radius 2 is 2.04 bits per heavy atom. The normalized spacial score (nSPS) is 16.9. The van der Waals surface area contributed by atoms with E-state index in [-0.39, 0.29) is 35.9 Å². The average molecular weight is 520 g/mol. The fraction of sp³-hybridized carbons (Fsp3) is 0.765. The molecule has 1 saturated carbocycles. The molecule has 0 saturated heterocycles. The molecule has 1 aromatic heterocycles.